The first-order valence-corrected chi connectivity index (χ1v) is 12.0. The maximum atomic E-state index is 12.8. The molecule has 0 atom stereocenters. The topological polar surface area (TPSA) is 53.0 Å². The molecule has 4 rings (SSSR count). The van der Waals surface area contributed by atoms with Crippen molar-refractivity contribution in [3.63, 3.8) is 0 Å². The Morgan fingerprint density at radius 1 is 1.07 bits per heavy atom. The quantitative estimate of drug-likeness (QED) is 0.684. The highest BCUT2D eigenvalue weighted by Crippen LogP contribution is 2.35. The van der Waals surface area contributed by atoms with Gasteiger partial charge in [-0.05, 0) is 37.5 Å². The second-order valence-electron chi connectivity index (χ2n) is 7.67. The highest BCUT2D eigenvalue weighted by atomic mass is 79.9. The van der Waals surface area contributed by atoms with E-state index >= 15 is 0 Å². The predicted molar refractivity (Wildman–Crippen MR) is 113 cm³/mol. The van der Waals surface area contributed by atoms with E-state index in [1.807, 2.05) is 31.2 Å². The van der Waals surface area contributed by atoms with Crippen molar-refractivity contribution < 1.29 is 8.42 Å². The van der Waals surface area contributed by atoms with Crippen LogP contribution in [0, 0.1) is 0 Å². The molecule has 1 saturated carbocycles. The zero-order valence-electron chi connectivity index (χ0n) is 15.7. The van der Waals surface area contributed by atoms with E-state index in [9.17, 15) is 8.42 Å². The van der Waals surface area contributed by atoms with Crippen LogP contribution in [0.1, 0.15) is 44.6 Å². The lowest BCUT2D eigenvalue weighted by molar-refractivity contribution is 0.107. The molecular weight excluding hydrogens is 426 g/mol. The third-order valence-electron chi connectivity index (χ3n) is 5.93. The van der Waals surface area contributed by atoms with Gasteiger partial charge in [-0.15, -0.1) is 4.40 Å². The Morgan fingerprint density at radius 2 is 1.78 bits per heavy atom. The van der Waals surface area contributed by atoms with Gasteiger partial charge in [0, 0.05) is 42.3 Å². The summed E-state index contributed by atoms with van der Waals surface area (Å²) >= 11 is 3.43. The minimum Gasteiger partial charge on any atom is -0.353 e. The molecule has 0 N–H and O–H groups in total. The minimum atomic E-state index is -3.65. The molecule has 2 aliphatic heterocycles. The lowest BCUT2D eigenvalue weighted by atomic mass is 9.94. The maximum Gasteiger partial charge on any atom is 0.285 e. The van der Waals surface area contributed by atoms with E-state index in [4.69, 9.17) is 0 Å². The van der Waals surface area contributed by atoms with Gasteiger partial charge in [-0.25, -0.2) is 0 Å². The fraction of sp³-hybridized carbons (Fsp3) is 0.550. The van der Waals surface area contributed by atoms with E-state index in [0.717, 1.165) is 36.2 Å². The normalized spacial score (nSPS) is 24.4. The van der Waals surface area contributed by atoms with Crippen molar-refractivity contribution in [2.75, 3.05) is 26.2 Å². The van der Waals surface area contributed by atoms with Gasteiger partial charge in [0.15, 0.2) is 0 Å². The molecule has 0 unspecified atom stereocenters. The summed E-state index contributed by atoms with van der Waals surface area (Å²) < 4.78 is 30.5. The highest BCUT2D eigenvalue weighted by molar-refractivity contribution is 9.10. The summed E-state index contributed by atoms with van der Waals surface area (Å²) in [7, 11) is -3.65. The predicted octanol–water partition coefficient (Wildman–Crippen LogP) is 3.87. The van der Waals surface area contributed by atoms with Crippen LogP contribution in [0.25, 0.3) is 4.91 Å². The standard InChI is InChI=1S/C20H26BrN3O2S/c1-15-19(16-6-5-7-17(21)14-16)27(25,26)22-20(15)24-12-10-23(11-13-24)18-8-3-2-4-9-18/h5-7,14,18H,2-4,8-13H2,1H3. The Bertz CT molecular complexity index is 880. The van der Waals surface area contributed by atoms with E-state index < -0.39 is 10.0 Å². The molecule has 7 heteroatoms. The number of piperazine rings is 1. The van der Waals surface area contributed by atoms with Crippen LogP contribution in [0.5, 0.6) is 0 Å². The Kier molecular flexibility index (Phi) is 5.45. The Balaban J connectivity index is 1.53. The van der Waals surface area contributed by atoms with Crippen molar-refractivity contribution in [3.05, 3.63) is 39.9 Å². The van der Waals surface area contributed by atoms with Gasteiger partial charge in [-0.3, -0.25) is 4.90 Å². The fourth-order valence-corrected chi connectivity index (χ4v) is 6.43. The Morgan fingerprint density at radius 3 is 2.44 bits per heavy atom. The van der Waals surface area contributed by atoms with Crippen LogP contribution >= 0.6 is 15.9 Å². The second kappa shape index (κ2) is 7.68. The lowest BCUT2D eigenvalue weighted by Crippen LogP contribution is -2.52. The molecule has 2 heterocycles. The lowest BCUT2D eigenvalue weighted by Gasteiger charge is -2.41. The van der Waals surface area contributed by atoms with Crippen molar-refractivity contribution in [3.8, 4) is 0 Å². The van der Waals surface area contributed by atoms with Crippen LogP contribution in [0.4, 0.5) is 0 Å². The molecule has 0 radical (unpaired) electrons. The van der Waals surface area contributed by atoms with Crippen molar-refractivity contribution >= 4 is 36.7 Å². The third kappa shape index (κ3) is 3.87. The first-order valence-electron chi connectivity index (χ1n) is 9.77. The van der Waals surface area contributed by atoms with Gasteiger partial charge in [-0.1, -0.05) is 47.3 Å². The van der Waals surface area contributed by atoms with Crippen molar-refractivity contribution in [2.45, 2.75) is 45.1 Å². The smallest absolute Gasteiger partial charge is 0.285 e. The maximum absolute atomic E-state index is 12.8. The van der Waals surface area contributed by atoms with E-state index in [2.05, 4.69) is 30.1 Å². The number of benzene rings is 1. The first-order chi connectivity index (χ1) is 13.0. The molecule has 2 fully saturated rings. The van der Waals surface area contributed by atoms with Gasteiger partial charge in [0.1, 0.15) is 10.7 Å². The molecule has 0 amide bonds. The van der Waals surface area contributed by atoms with Crippen LogP contribution in [0.15, 0.2) is 38.7 Å². The van der Waals surface area contributed by atoms with Gasteiger partial charge in [0.25, 0.3) is 10.0 Å². The number of hydrogen-bond acceptors (Lipinski definition) is 4. The average Bonchev–Trinajstić information content (AvgIpc) is 2.91. The van der Waals surface area contributed by atoms with Crippen molar-refractivity contribution in [1.29, 1.82) is 0 Å². The third-order valence-corrected chi connectivity index (χ3v) is 7.90. The van der Waals surface area contributed by atoms with E-state index in [-0.39, 0.29) is 0 Å². The summed E-state index contributed by atoms with van der Waals surface area (Å²) in [5.74, 6) is 0.633. The monoisotopic (exact) mass is 451 g/mol. The zero-order valence-corrected chi connectivity index (χ0v) is 18.1. The molecular formula is C20H26BrN3O2S. The molecule has 1 aromatic rings. The minimum absolute atomic E-state index is 0.341. The van der Waals surface area contributed by atoms with Crippen LogP contribution in [0.2, 0.25) is 0 Å². The molecule has 0 spiro atoms. The number of nitrogens with zero attached hydrogens (tertiary/aromatic N) is 3. The molecule has 5 nitrogen and oxygen atoms in total. The van der Waals surface area contributed by atoms with Gasteiger partial charge in [0.2, 0.25) is 0 Å². The van der Waals surface area contributed by atoms with Crippen molar-refractivity contribution in [2.24, 2.45) is 4.40 Å². The molecule has 1 aliphatic carbocycles. The fourth-order valence-electron chi connectivity index (χ4n) is 4.56. The summed E-state index contributed by atoms with van der Waals surface area (Å²) in [4.78, 5) is 5.08. The number of hydrogen-bond donors (Lipinski definition) is 0. The molecule has 3 aliphatic rings. The van der Waals surface area contributed by atoms with Crippen LogP contribution in [-0.4, -0.2) is 56.3 Å². The first kappa shape index (κ1) is 19.2. The van der Waals surface area contributed by atoms with Crippen LogP contribution in [-0.2, 0) is 10.0 Å². The zero-order chi connectivity index (χ0) is 19.0. The van der Waals surface area contributed by atoms with Gasteiger partial charge >= 0.3 is 0 Å². The highest BCUT2D eigenvalue weighted by Gasteiger charge is 2.35. The number of sulfonamides is 1. The summed E-state index contributed by atoms with van der Waals surface area (Å²) in [6.45, 7) is 5.54. The summed E-state index contributed by atoms with van der Waals surface area (Å²) in [6, 6.07) is 8.14. The molecule has 27 heavy (non-hydrogen) atoms. The number of rotatable bonds is 2. The van der Waals surface area contributed by atoms with E-state index in [1.165, 1.54) is 32.1 Å². The van der Waals surface area contributed by atoms with Crippen molar-refractivity contribution in [1.82, 2.24) is 9.80 Å². The van der Waals surface area contributed by atoms with Crippen LogP contribution < -0.4 is 0 Å². The summed E-state index contributed by atoms with van der Waals surface area (Å²) in [6.07, 6.45) is 6.66. The number of halogens is 1. The van der Waals surface area contributed by atoms with Gasteiger partial charge in [-0.2, -0.15) is 8.42 Å². The molecule has 0 aromatic heterocycles. The molecule has 1 aromatic carbocycles. The van der Waals surface area contributed by atoms with Crippen LogP contribution in [0.3, 0.4) is 0 Å². The van der Waals surface area contributed by atoms with E-state index in [0.29, 0.717) is 22.3 Å². The molecule has 0 bridgehead atoms. The average molecular weight is 452 g/mol. The summed E-state index contributed by atoms with van der Waals surface area (Å²) in [5, 5.41) is 0. The summed E-state index contributed by atoms with van der Waals surface area (Å²) in [5.41, 5.74) is 1.46. The van der Waals surface area contributed by atoms with Gasteiger partial charge < -0.3 is 4.90 Å². The van der Waals surface area contributed by atoms with E-state index in [1.54, 1.807) is 0 Å². The molecule has 146 valence electrons. The Hall–Kier alpha value is -1.18. The number of amidine groups is 1. The second-order valence-corrected chi connectivity index (χ2v) is 10.1. The SMILES string of the molecule is CC1=C(c2cccc(Br)c2)S(=O)(=O)N=C1N1CCN(C2CCCCC2)CC1. The molecule has 1 saturated heterocycles. The Labute approximate surface area is 170 Å². The largest absolute Gasteiger partial charge is 0.353 e. The van der Waals surface area contributed by atoms with Gasteiger partial charge in [0.05, 0.1) is 0 Å².